The summed E-state index contributed by atoms with van der Waals surface area (Å²) in [6.45, 7) is 13.2. The molecule has 2 N–H and O–H groups in total. The van der Waals surface area contributed by atoms with Gasteiger partial charge in [-0.25, -0.2) is 4.79 Å². The third-order valence-electron chi connectivity index (χ3n) is 6.77. The molecule has 1 saturated carbocycles. The molecule has 0 radical (unpaired) electrons. The Labute approximate surface area is 237 Å². The summed E-state index contributed by atoms with van der Waals surface area (Å²) in [5.74, 6) is -0.524. The van der Waals surface area contributed by atoms with Gasteiger partial charge in [0.2, 0.25) is 5.91 Å². The number of anilines is 1. The normalized spacial score (nSPS) is 15.2. The average molecular weight is 556 g/mol. The summed E-state index contributed by atoms with van der Waals surface area (Å²) in [6.07, 6.45) is 2.29. The van der Waals surface area contributed by atoms with Crippen LogP contribution < -0.4 is 10.6 Å². The molecule has 3 rings (SSSR count). The third kappa shape index (κ3) is 8.21. The zero-order chi connectivity index (χ0) is 28.9. The Hall–Kier alpha value is -3.06. The Balaban J connectivity index is 2.05. The van der Waals surface area contributed by atoms with E-state index in [2.05, 4.69) is 10.6 Å². The standard InChI is InChI=1S/C31H42ClN3O4/c1-19(2)17-25(33-30(38)39-31(5,6)7)29(37)35(23-14-10-15-23)27(22-13-8-11-20(3)18-22)28(36)34-26-21(4)12-9-16-24(26)32/h8-9,11-13,16,18-19,23,25,27H,10,14-15,17H2,1-7H3,(H,33,38)(H,34,36). The summed E-state index contributed by atoms with van der Waals surface area (Å²) in [5.41, 5.74) is 2.32. The molecule has 0 saturated heterocycles. The van der Waals surface area contributed by atoms with Crippen molar-refractivity contribution in [3.05, 3.63) is 64.2 Å². The Morgan fingerprint density at radius 3 is 2.28 bits per heavy atom. The highest BCUT2D eigenvalue weighted by Gasteiger charge is 2.42. The lowest BCUT2D eigenvalue weighted by Gasteiger charge is -2.44. The summed E-state index contributed by atoms with van der Waals surface area (Å²) in [5, 5.41) is 6.25. The smallest absolute Gasteiger partial charge is 0.408 e. The maximum absolute atomic E-state index is 14.4. The fourth-order valence-electron chi connectivity index (χ4n) is 4.77. The van der Waals surface area contributed by atoms with E-state index in [-0.39, 0.29) is 23.8 Å². The van der Waals surface area contributed by atoms with Crippen LogP contribution in [0.2, 0.25) is 5.02 Å². The predicted octanol–water partition coefficient (Wildman–Crippen LogP) is 6.96. The van der Waals surface area contributed by atoms with Gasteiger partial charge in [0.25, 0.3) is 5.91 Å². The van der Waals surface area contributed by atoms with E-state index in [1.54, 1.807) is 31.7 Å². The van der Waals surface area contributed by atoms with Gasteiger partial charge in [0, 0.05) is 6.04 Å². The predicted molar refractivity (Wildman–Crippen MR) is 156 cm³/mol. The van der Waals surface area contributed by atoms with E-state index in [9.17, 15) is 14.4 Å². The number of hydrogen-bond donors (Lipinski definition) is 2. The van der Waals surface area contributed by atoms with Gasteiger partial charge >= 0.3 is 6.09 Å². The Morgan fingerprint density at radius 2 is 1.74 bits per heavy atom. The summed E-state index contributed by atoms with van der Waals surface area (Å²) >= 11 is 6.45. The van der Waals surface area contributed by atoms with Crippen molar-refractivity contribution in [3.63, 3.8) is 0 Å². The zero-order valence-electron chi connectivity index (χ0n) is 24.1. The molecule has 8 heteroatoms. The Bertz CT molecular complexity index is 1170. The topological polar surface area (TPSA) is 87.7 Å². The summed E-state index contributed by atoms with van der Waals surface area (Å²) < 4.78 is 5.48. The third-order valence-corrected chi connectivity index (χ3v) is 7.09. The van der Waals surface area contributed by atoms with Crippen LogP contribution in [-0.4, -0.2) is 40.5 Å². The summed E-state index contributed by atoms with van der Waals surface area (Å²) in [6, 6.07) is 11.2. The lowest BCUT2D eigenvalue weighted by atomic mass is 9.87. The highest BCUT2D eigenvalue weighted by atomic mass is 35.5. The fraction of sp³-hybridized carbons (Fsp3) is 0.516. The molecule has 0 spiro atoms. The molecule has 2 aromatic carbocycles. The maximum atomic E-state index is 14.4. The monoisotopic (exact) mass is 555 g/mol. The number of ether oxygens (including phenoxy) is 1. The first-order chi connectivity index (χ1) is 18.3. The number of hydrogen-bond acceptors (Lipinski definition) is 4. The minimum absolute atomic E-state index is 0.120. The lowest BCUT2D eigenvalue weighted by Crippen LogP contribution is -2.57. The fourth-order valence-corrected chi connectivity index (χ4v) is 5.03. The number of carbonyl (C=O) groups excluding carboxylic acids is 3. The summed E-state index contributed by atoms with van der Waals surface area (Å²) in [4.78, 5) is 42.9. The summed E-state index contributed by atoms with van der Waals surface area (Å²) in [7, 11) is 0. The van der Waals surface area contributed by atoms with E-state index in [0.29, 0.717) is 22.7 Å². The molecule has 1 aliphatic carbocycles. The highest BCUT2D eigenvalue weighted by Crippen LogP contribution is 2.36. The number of nitrogens with zero attached hydrogens (tertiary/aromatic N) is 1. The molecule has 3 amide bonds. The Morgan fingerprint density at radius 1 is 1.08 bits per heavy atom. The van der Waals surface area contributed by atoms with Gasteiger partial charge in [0.15, 0.2) is 0 Å². The van der Waals surface area contributed by atoms with E-state index >= 15 is 0 Å². The van der Waals surface area contributed by atoms with E-state index in [1.807, 2.05) is 64.1 Å². The molecule has 39 heavy (non-hydrogen) atoms. The lowest BCUT2D eigenvalue weighted by molar-refractivity contribution is -0.146. The number of rotatable bonds is 9. The van der Waals surface area contributed by atoms with Crippen molar-refractivity contribution >= 4 is 35.2 Å². The molecule has 7 nitrogen and oxygen atoms in total. The number of alkyl carbamates (subject to hydrolysis) is 1. The van der Waals surface area contributed by atoms with Crippen molar-refractivity contribution in [1.29, 1.82) is 0 Å². The van der Waals surface area contributed by atoms with Crippen LogP contribution >= 0.6 is 11.6 Å². The first-order valence-electron chi connectivity index (χ1n) is 13.7. The molecule has 2 atom stereocenters. The molecule has 0 heterocycles. The molecular weight excluding hydrogens is 514 g/mol. The van der Waals surface area contributed by atoms with Crippen LogP contribution in [0.3, 0.4) is 0 Å². The van der Waals surface area contributed by atoms with Crippen LogP contribution in [0.4, 0.5) is 10.5 Å². The molecular formula is C31H42ClN3O4. The van der Waals surface area contributed by atoms with Crippen LogP contribution in [-0.2, 0) is 14.3 Å². The minimum Gasteiger partial charge on any atom is -0.444 e. The molecule has 212 valence electrons. The van der Waals surface area contributed by atoms with E-state index < -0.39 is 23.8 Å². The second-order valence-corrected chi connectivity index (χ2v) is 12.3. The van der Waals surface area contributed by atoms with Crippen molar-refractivity contribution in [1.82, 2.24) is 10.2 Å². The SMILES string of the molecule is Cc1cccc(C(C(=O)Nc2c(C)cccc2Cl)N(C(=O)C(CC(C)C)NC(=O)OC(C)(C)C)C2CCC2)c1. The molecule has 1 fully saturated rings. The van der Waals surface area contributed by atoms with Crippen LogP contribution in [0.25, 0.3) is 0 Å². The molecule has 0 aromatic heterocycles. The van der Waals surface area contributed by atoms with Crippen molar-refractivity contribution < 1.29 is 19.1 Å². The van der Waals surface area contributed by atoms with E-state index in [0.717, 1.165) is 30.4 Å². The van der Waals surface area contributed by atoms with E-state index in [1.165, 1.54) is 0 Å². The van der Waals surface area contributed by atoms with Crippen LogP contribution in [0, 0.1) is 19.8 Å². The quantitative estimate of drug-likeness (QED) is 0.350. The first-order valence-corrected chi connectivity index (χ1v) is 14.1. The second kappa shape index (κ2) is 12.9. The maximum Gasteiger partial charge on any atom is 0.408 e. The minimum atomic E-state index is -0.909. The van der Waals surface area contributed by atoms with Crippen molar-refractivity contribution in [2.75, 3.05) is 5.32 Å². The zero-order valence-corrected chi connectivity index (χ0v) is 24.9. The molecule has 1 aliphatic rings. The molecule has 0 bridgehead atoms. The number of nitrogens with one attached hydrogen (secondary N) is 2. The van der Waals surface area contributed by atoms with E-state index in [4.69, 9.17) is 16.3 Å². The molecule has 2 aromatic rings. The Kier molecular flexibility index (Phi) is 10.1. The second-order valence-electron chi connectivity index (χ2n) is 11.9. The van der Waals surface area contributed by atoms with Gasteiger partial charge in [-0.05, 0) is 83.4 Å². The van der Waals surface area contributed by atoms with Crippen molar-refractivity contribution in [3.8, 4) is 0 Å². The van der Waals surface area contributed by atoms with Crippen molar-refractivity contribution in [2.24, 2.45) is 5.92 Å². The van der Waals surface area contributed by atoms with Crippen molar-refractivity contribution in [2.45, 2.75) is 97.9 Å². The van der Waals surface area contributed by atoms with Gasteiger partial charge in [-0.2, -0.15) is 0 Å². The molecule has 2 unspecified atom stereocenters. The number of amides is 3. The van der Waals surface area contributed by atoms with Gasteiger partial charge in [0.1, 0.15) is 17.7 Å². The largest absolute Gasteiger partial charge is 0.444 e. The first kappa shape index (κ1) is 30.5. The van der Waals surface area contributed by atoms with Crippen LogP contribution in [0.15, 0.2) is 42.5 Å². The highest BCUT2D eigenvalue weighted by molar-refractivity contribution is 6.34. The number of carbonyl (C=O) groups is 3. The van der Waals surface area contributed by atoms with Gasteiger partial charge in [-0.1, -0.05) is 67.4 Å². The number of benzene rings is 2. The average Bonchev–Trinajstić information content (AvgIpc) is 2.77. The van der Waals surface area contributed by atoms with Gasteiger partial charge in [-0.3, -0.25) is 9.59 Å². The number of halogens is 1. The van der Waals surface area contributed by atoms with Gasteiger partial charge in [0.05, 0.1) is 10.7 Å². The number of para-hydroxylation sites is 1. The van der Waals surface area contributed by atoms with Gasteiger partial charge in [-0.15, -0.1) is 0 Å². The number of aryl methyl sites for hydroxylation is 2. The van der Waals surface area contributed by atoms with Crippen LogP contribution in [0.5, 0.6) is 0 Å². The van der Waals surface area contributed by atoms with Gasteiger partial charge < -0.3 is 20.3 Å². The molecule has 0 aliphatic heterocycles. The van der Waals surface area contributed by atoms with Crippen LogP contribution in [0.1, 0.15) is 83.0 Å².